The quantitative estimate of drug-likeness (QED) is 0.547. The number of anilines is 1. The monoisotopic (exact) mass is 334 g/mol. The minimum Gasteiger partial charge on any atom is -0.467 e. The molecule has 1 atom stereocenters. The first-order valence-corrected chi connectivity index (χ1v) is 5.94. The molecule has 4 N–H and O–H groups in total. The van der Waals surface area contributed by atoms with Crippen LogP contribution in [0.1, 0.15) is 10.4 Å². The molecule has 104 valence electrons. The number of hydrogen-bond acceptors (Lipinski definition) is 5. The molecule has 0 saturated heterocycles. The van der Waals surface area contributed by atoms with E-state index in [-0.39, 0.29) is 22.3 Å². The van der Waals surface area contributed by atoms with Crippen molar-refractivity contribution in [3.05, 3.63) is 28.0 Å². The number of amides is 1. The van der Waals surface area contributed by atoms with Crippen molar-refractivity contribution >= 4 is 33.5 Å². The molecule has 1 rings (SSSR count). The van der Waals surface area contributed by atoms with E-state index in [2.05, 4.69) is 26.0 Å². The summed E-state index contributed by atoms with van der Waals surface area (Å²) < 4.78 is 17.6. The molecule has 19 heavy (non-hydrogen) atoms. The number of methoxy groups -OCH3 is 1. The summed E-state index contributed by atoms with van der Waals surface area (Å²) in [7, 11) is 1.12. The van der Waals surface area contributed by atoms with Crippen molar-refractivity contribution in [2.24, 2.45) is 0 Å². The van der Waals surface area contributed by atoms with Crippen molar-refractivity contribution in [1.82, 2.24) is 5.32 Å². The Morgan fingerprint density at radius 1 is 1.58 bits per heavy atom. The van der Waals surface area contributed by atoms with Gasteiger partial charge in [0.25, 0.3) is 5.91 Å². The van der Waals surface area contributed by atoms with Crippen molar-refractivity contribution in [3.8, 4) is 0 Å². The highest BCUT2D eigenvalue weighted by atomic mass is 79.9. The SMILES string of the molecule is COC(=O)C(O)CNC(=O)c1cc(N)c(F)cc1Br. The lowest BCUT2D eigenvalue weighted by Crippen LogP contribution is -2.37. The largest absolute Gasteiger partial charge is 0.467 e. The molecule has 6 nitrogen and oxygen atoms in total. The molecule has 0 radical (unpaired) electrons. The van der Waals surface area contributed by atoms with Gasteiger partial charge in [-0.3, -0.25) is 4.79 Å². The number of benzene rings is 1. The number of ether oxygens (including phenoxy) is 1. The summed E-state index contributed by atoms with van der Waals surface area (Å²) in [6.45, 7) is -0.324. The highest BCUT2D eigenvalue weighted by Gasteiger charge is 2.18. The van der Waals surface area contributed by atoms with Gasteiger partial charge in [-0.05, 0) is 28.1 Å². The lowest BCUT2D eigenvalue weighted by molar-refractivity contribution is -0.149. The first-order chi connectivity index (χ1) is 8.86. The fourth-order valence-corrected chi connectivity index (χ4v) is 1.74. The van der Waals surface area contributed by atoms with Gasteiger partial charge in [0.2, 0.25) is 0 Å². The maximum absolute atomic E-state index is 13.1. The lowest BCUT2D eigenvalue weighted by Gasteiger charge is -2.11. The van der Waals surface area contributed by atoms with Crippen LogP contribution >= 0.6 is 15.9 Å². The normalized spacial score (nSPS) is 11.8. The van der Waals surface area contributed by atoms with Crippen molar-refractivity contribution in [2.75, 3.05) is 19.4 Å². The van der Waals surface area contributed by atoms with Crippen LogP contribution in [0.15, 0.2) is 16.6 Å². The molecule has 8 heteroatoms. The van der Waals surface area contributed by atoms with Crippen LogP contribution in [0.4, 0.5) is 10.1 Å². The smallest absolute Gasteiger partial charge is 0.336 e. The molecule has 0 fully saturated rings. The zero-order valence-electron chi connectivity index (χ0n) is 9.94. The zero-order chi connectivity index (χ0) is 14.6. The van der Waals surface area contributed by atoms with Gasteiger partial charge < -0.3 is 20.9 Å². The molecule has 0 heterocycles. The molecule has 1 aromatic carbocycles. The summed E-state index contributed by atoms with van der Waals surface area (Å²) in [5.74, 6) is -2.13. The number of nitrogens with one attached hydrogen (secondary N) is 1. The number of esters is 1. The van der Waals surface area contributed by atoms with Gasteiger partial charge in [0.05, 0.1) is 24.9 Å². The standard InChI is InChI=1S/C11H12BrFN2O4/c1-19-11(18)9(16)4-15-10(17)5-2-8(14)7(13)3-6(5)12/h2-3,9,16H,4,14H2,1H3,(H,15,17). The summed E-state index contributed by atoms with van der Waals surface area (Å²) in [4.78, 5) is 22.7. The maximum atomic E-state index is 13.1. The molecular formula is C11H12BrFN2O4. The molecule has 1 unspecified atom stereocenters. The second-order valence-corrected chi connectivity index (χ2v) is 4.46. The van der Waals surface area contributed by atoms with E-state index in [4.69, 9.17) is 5.73 Å². The number of carbonyl (C=O) groups is 2. The molecule has 0 spiro atoms. The zero-order valence-corrected chi connectivity index (χ0v) is 11.5. The van der Waals surface area contributed by atoms with Gasteiger partial charge in [-0.25, -0.2) is 9.18 Å². The molecule has 0 aliphatic heterocycles. The van der Waals surface area contributed by atoms with Crippen LogP contribution in [0.3, 0.4) is 0 Å². The number of nitrogen functional groups attached to an aromatic ring is 1. The Hall–Kier alpha value is -1.67. The van der Waals surface area contributed by atoms with Crippen molar-refractivity contribution in [2.45, 2.75) is 6.10 Å². The predicted molar refractivity (Wildman–Crippen MR) is 68.9 cm³/mol. The average molecular weight is 335 g/mol. The Kier molecular flexibility index (Phi) is 5.25. The molecule has 0 aromatic heterocycles. The lowest BCUT2D eigenvalue weighted by atomic mass is 10.2. The minimum absolute atomic E-state index is 0.0935. The van der Waals surface area contributed by atoms with E-state index in [0.717, 1.165) is 19.2 Å². The minimum atomic E-state index is -1.47. The van der Waals surface area contributed by atoms with E-state index in [9.17, 15) is 19.1 Å². The number of halogens is 2. The molecular weight excluding hydrogens is 323 g/mol. The molecule has 1 aromatic rings. The number of carbonyl (C=O) groups excluding carboxylic acids is 2. The van der Waals surface area contributed by atoms with Crippen LogP contribution in [-0.4, -0.2) is 36.7 Å². The highest BCUT2D eigenvalue weighted by Crippen LogP contribution is 2.22. The topological polar surface area (TPSA) is 102 Å². The van der Waals surface area contributed by atoms with E-state index >= 15 is 0 Å². The van der Waals surface area contributed by atoms with Gasteiger partial charge in [0, 0.05) is 4.47 Å². The number of hydrogen-bond donors (Lipinski definition) is 3. The third kappa shape index (κ3) is 3.90. The fourth-order valence-electron chi connectivity index (χ4n) is 1.24. The molecule has 0 aliphatic carbocycles. The maximum Gasteiger partial charge on any atom is 0.336 e. The molecule has 0 saturated carbocycles. The van der Waals surface area contributed by atoms with E-state index in [1.807, 2.05) is 0 Å². The Morgan fingerprint density at radius 3 is 2.79 bits per heavy atom. The van der Waals surface area contributed by atoms with Crippen LogP contribution in [0.2, 0.25) is 0 Å². The molecule has 0 aliphatic rings. The Balaban J connectivity index is 2.74. The van der Waals surface area contributed by atoms with Crippen LogP contribution < -0.4 is 11.1 Å². The highest BCUT2D eigenvalue weighted by molar-refractivity contribution is 9.10. The second kappa shape index (κ2) is 6.48. The number of aliphatic hydroxyl groups excluding tert-OH is 1. The average Bonchev–Trinajstić information content (AvgIpc) is 2.38. The van der Waals surface area contributed by atoms with Crippen LogP contribution in [-0.2, 0) is 9.53 Å². The Labute approximate surface area is 116 Å². The summed E-state index contributed by atoms with van der Waals surface area (Å²) in [5.41, 5.74) is 5.27. The van der Waals surface area contributed by atoms with Crippen molar-refractivity contribution in [3.63, 3.8) is 0 Å². The number of aliphatic hydroxyl groups is 1. The summed E-state index contributed by atoms with van der Waals surface area (Å²) >= 11 is 3.02. The first kappa shape index (κ1) is 15.4. The van der Waals surface area contributed by atoms with E-state index in [0.29, 0.717) is 0 Å². The predicted octanol–water partition coefficient (Wildman–Crippen LogP) is 0.434. The van der Waals surface area contributed by atoms with Crippen molar-refractivity contribution in [1.29, 1.82) is 0 Å². The Bertz CT molecular complexity index is 510. The molecule has 1 amide bonds. The third-order valence-electron chi connectivity index (χ3n) is 2.26. The van der Waals surface area contributed by atoms with Crippen molar-refractivity contribution < 1.29 is 23.8 Å². The van der Waals surface area contributed by atoms with E-state index < -0.39 is 23.8 Å². The van der Waals surface area contributed by atoms with E-state index in [1.165, 1.54) is 0 Å². The van der Waals surface area contributed by atoms with Gasteiger partial charge in [-0.2, -0.15) is 0 Å². The van der Waals surface area contributed by atoms with Crippen LogP contribution in [0.5, 0.6) is 0 Å². The molecule has 0 bridgehead atoms. The van der Waals surface area contributed by atoms with Gasteiger partial charge in [-0.1, -0.05) is 0 Å². The number of nitrogens with two attached hydrogens (primary N) is 1. The van der Waals surface area contributed by atoms with Gasteiger partial charge in [0.1, 0.15) is 5.82 Å². The van der Waals surface area contributed by atoms with Gasteiger partial charge >= 0.3 is 5.97 Å². The number of rotatable bonds is 4. The van der Waals surface area contributed by atoms with Crippen LogP contribution in [0.25, 0.3) is 0 Å². The first-order valence-electron chi connectivity index (χ1n) is 5.15. The summed E-state index contributed by atoms with van der Waals surface area (Å²) in [6, 6.07) is 2.21. The van der Waals surface area contributed by atoms with E-state index in [1.54, 1.807) is 0 Å². The summed E-state index contributed by atoms with van der Waals surface area (Å²) in [6.07, 6.45) is -1.47. The second-order valence-electron chi connectivity index (χ2n) is 3.60. The summed E-state index contributed by atoms with van der Waals surface area (Å²) in [5, 5.41) is 11.6. The Morgan fingerprint density at radius 2 is 2.21 bits per heavy atom. The third-order valence-corrected chi connectivity index (χ3v) is 2.92. The fraction of sp³-hybridized carbons (Fsp3) is 0.273. The van der Waals surface area contributed by atoms with Gasteiger partial charge in [-0.15, -0.1) is 0 Å². The van der Waals surface area contributed by atoms with Crippen LogP contribution in [0, 0.1) is 5.82 Å². The van der Waals surface area contributed by atoms with Gasteiger partial charge in [0.15, 0.2) is 6.10 Å².